The molecule has 8 heteroatoms. The van der Waals surface area contributed by atoms with E-state index in [4.69, 9.17) is 9.47 Å². The van der Waals surface area contributed by atoms with E-state index in [2.05, 4.69) is 18.5 Å². The van der Waals surface area contributed by atoms with Crippen molar-refractivity contribution in [1.29, 1.82) is 5.26 Å². The molecular formula is C24H21F3N2O3. The van der Waals surface area contributed by atoms with Crippen LogP contribution in [0.1, 0.15) is 16.7 Å². The second-order valence-corrected chi connectivity index (χ2v) is 6.51. The number of rotatable bonds is 9. The van der Waals surface area contributed by atoms with E-state index in [1.165, 1.54) is 25.3 Å². The molecule has 0 spiro atoms. The Bertz CT molecular complexity index is 1080. The van der Waals surface area contributed by atoms with Crippen molar-refractivity contribution in [1.82, 2.24) is 0 Å². The van der Waals surface area contributed by atoms with E-state index in [0.29, 0.717) is 29.0 Å². The van der Waals surface area contributed by atoms with E-state index in [0.717, 1.165) is 12.1 Å². The van der Waals surface area contributed by atoms with Crippen LogP contribution in [0.2, 0.25) is 0 Å². The number of nitriles is 1. The van der Waals surface area contributed by atoms with Gasteiger partial charge in [-0.2, -0.15) is 18.4 Å². The zero-order chi connectivity index (χ0) is 23.7. The molecule has 2 aromatic carbocycles. The third-order valence-corrected chi connectivity index (χ3v) is 4.21. The van der Waals surface area contributed by atoms with Crippen LogP contribution in [0.5, 0.6) is 11.5 Å². The Morgan fingerprint density at radius 2 is 1.97 bits per heavy atom. The molecule has 0 bridgehead atoms. The molecule has 0 aliphatic heterocycles. The second-order valence-electron chi connectivity index (χ2n) is 6.51. The Balaban J connectivity index is 2.39. The molecule has 0 heterocycles. The molecule has 0 radical (unpaired) electrons. The number of alkyl halides is 3. The van der Waals surface area contributed by atoms with Gasteiger partial charge in [-0.05, 0) is 48.4 Å². The number of hydrogen-bond acceptors (Lipinski definition) is 4. The molecule has 166 valence electrons. The van der Waals surface area contributed by atoms with Crippen LogP contribution < -0.4 is 14.8 Å². The minimum Gasteiger partial charge on any atom is -0.493 e. The standard InChI is InChI=1S/C24H21F3N2O3/c1-4-7-17-11-16(13-21(31-3)22(17)32-10-5-2)12-18(15-28)23(30)29-20-9-6-8-19(14-20)24(25,26)27/h4-6,8-9,11-14H,1-2,7,10H2,3H3,(H,29,30)/b18-12+. The van der Waals surface area contributed by atoms with Gasteiger partial charge in [0, 0.05) is 11.3 Å². The van der Waals surface area contributed by atoms with Gasteiger partial charge in [0.15, 0.2) is 11.5 Å². The molecule has 0 aliphatic carbocycles. The van der Waals surface area contributed by atoms with E-state index in [9.17, 15) is 23.2 Å². The average molecular weight is 442 g/mol. The predicted molar refractivity (Wildman–Crippen MR) is 116 cm³/mol. The van der Waals surface area contributed by atoms with Gasteiger partial charge in [0.1, 0.15) is 18.2 Å². The summed E-state index contributed by atoms with van der Waals surface area (Å²) in [6.07, 6.45) is 0.436. The van der Waals surface area contributed by atoms with E-state index >= 15 is 0 Å². The van der Waals surface area contributed by atoms with Crippen LogP contribution in [0.25, 0.3) is 6.08 Å². The van der Waals surface area contributed by atoms with E-state index in [-0.39, 0.29) is 17.9 Å². The van der Waals surface area contributed by atoms with Gasteiger partial charge in [-0.15, -0.1) is 6.58 Å². The monoisotopic (exact) mass is 442 g/mol. The maximum absolute atomic E-state index is 12.9. The highest BCUT2D eigenvalue weighted by atomic mass is 19.4. The van der Waals surface area contributed by atoms with Gasteiger partial charge in [-0.25, -0.2) is 0 Å². The van der Waals surface area contributed by atoms with Gasteiger partial charge in [0.05, 0.1) is 12.7 Å². The Hall–Kier alpha value is -3.99. The molecule has 2 aromatic rings. The number of carbonyl (C=O) groups is 1. The molecule has 0 aromatic heterocycles. The first kappa shape index (κ1) is 24.3. The number of carbonyl (C=O) groups excluding carboxylic acids is 1. The molecule has 0 aliphatic rings. The lowest BCUT2D eigenvalue weighted by Gasteiger charge is -2.15. The van der Waals surface area contributed by atoms with E-state index in [1.807, 2.05) is 0 Å². The van der Waals surface area contributed by atoms with Gasteiger partial charge in [0.2, 0.25) is 0 Å². The number of halogens is 3. The number of ether oxygens (including phenoxy) is 2. The number of methoxy groups -OCH3 is 1. The fourth-order valence-corrected chi connectivity index (χ4v) is 2.82. The third kappa shape index (κ3) is 6.25. The highest BCUT2D eigenvalue weighted by molar-refractivity contribution is 6.09. The number of nitrogens with zero attached hydrogens (tertiary/aromatic N) is 1. The maximum Gasteiger partial charge on any atom is 0.416 e. The average Bonchev–Trinajstić information content (AvgIpc) is 2.76. The minimum atomic E-state index is -4.55. The molecular weight excluding hydrogens is 421 g/mol. The van der Waals surface area contributed by atoms with Crippen LogP contribution in [0.15, 0.2) is 67.3 Å². The van der Waals surface area contributed by atoms with Gasteiger partial charge in [-0.3, -0.25) is 4.79 Å². The Morgan fingerprint density at radius 1 is 1.22 bits per heavy atom. The summed E-state index contributed by atoms with van der Waals surface area (Å²) in [4.78, 5) is 12.5. The molecule has 1 amide bonds. The predicted octanol–water partition coefficient (Wildman–Crippen LogP) is 5.55. The van der Waals surface area contributed by atoms with Crippen LogP contribution in [0.3, 0.4) is 0 Å². The van der Waals surface area contributed by atoms with E-state index in [1.54, 1.807) is 30.4 Å². The SMILES string of the molecule is C=CCOc1c(CC=C)cc(/C=C(\C#N)C(=O)Nc2cccc(C(F)(F)F)c2)cc1OC. The molecule has 32 heavy (non-hydrogen) atoms. The highest BCUT2D eigenvalue weighted by Crippen LogP contribution is 2.34. The van der Waals surface area contributed by atoms with Gasteiger partial charge in [-0.1, -0.05) is 24.8 Å². The summed E-state index contributed by atoms with van der Waals surface area (Å²) in [5, 5.41) is 11.8. The number of allylic oxidation sites excluding steroid dienone is 1. The molecule has 0 saturated carbocycles. The normalized spacial score (nSPS) is 11.3. The quantitative estimate of drug-likeness (QED) is 0.314. The van der Waals surface area contributed by atoms with Crippen LogP contribution in [-0.2, 0) is 17.4 Å². The molecule has 0 atom stereocenters. The van der Waals surface area contributed by atoms with Crippen molar-refractivity contribution in [2.75, 3.05) is 19.0 Å². The summed E-state index contributed by atoms with van der Waals surface area (Å²) in [5.74, 6) is 0.0208. The highest BCUT2D eigenvalue weighted by Gasteiger charge is 2.30. The van der Waals surface area contributed by atoms with Crippen molar-refractivity contribution >= 4 is 17.7 Å². The summed E-state index contributed by atoms with van der Waals surface area (Å²) in [7, 11) is 1.45. The van der Waals surface area contributed by atoms with Crippen molar-refractivity contribution < 1.29 is 27.4 Å². The van der Waals surface area contributed by atoms with Crippen molar-refractivity contribution in [3.05, 3.63) is 84.0 Å². The van der Waals surface area contributed by atoms with Crippen LogP contribution >= 0.6 is 0 Å². The molecule has 0 fully saturated rings. The topological polar surface area (TPSA) is 71.3 Å². The third-order valence-electron chi connectivity index (χ3n) is 4.21. The summed E-state index contributed by atoms with van der Waals surface area (Å²) in [6.45, 7) is 7.57. The number of hydrogen-bond donors (Lipinski definition) is 1. The molecule has 2 rings (SSSR count). The maximum atomic E-state index is 12.9. The number of anilines is 1. The first-order chi connectivity index (χ1) is 15.2. The second kappa shape index (κ2) is 10.9. The first-order valence-electron chi connectivity index (χ1n) is 9.39. The van der Waals surface area contributed by atoms with Crippen molar-refractivity contribution in [3.8, 4) is 17.6 Å². The Labute approximate surface area is 184 Å². The number of nitrogens with one attached hydrogen (secondary N) is 1. The molecule has 1 N–H and O–H groups in total. The number of amides is 1. The van der Waals surface area contributed by atoms with Crippen molar-refractivity contribution in [2.24, 2.45) is 0 Å². The van der Waals surface area contributed by atoms with Gasteiger partial charge < -0.3 is 14.8 Å². The van der Waals surface area contributed by atoms with Crippen LogP contribution in [-0.4, -0.2) is 19.6 Å². The Morgan fingerprint density at radius 3 is 2.56 bits per heavy atom. The first-order valence-corrected chi connectivity index (χ1v) is 9.39. The van der Waals surface area contributed by atoms with Gasteiger partial charge >= 0.3 is 6.18 Å². The summed E-state index contributed by atoms with van der Waals surface area (Å²) in [5.41, 5.74) is -0.104. The smallest absolute Gasteiger partial charge is 0.416 e. The molecule has 5 nitrogen and oxygen atoms in total. The number of benzene rings is 2. The zero-order valence-electron chi connectivity index (χ0n) is 17.3. The fourth-order valence-electron chi connectivity index (χ4n) is 2.82. The zero-order valence-corrected chi connectivity index (χ0v) is 17.3. The summed E-state index contributed by atoms with van der Waals surface area (Å²) >= 11 is 0. The lowest BCUT2D eigenvalue weighted by atomic mass is 10.0. The lowest BCUT2D eigenvalue weighted by molar-refractivity contribution is -0.137. The van der Waals surface area contributed by atoms with E-state index < -0.39 is 17.6 Å². The summed E-state index contributed by atoms with van der Waals surface area (Å²) < 4.78 is 49.7. The molecule has 0 unspecified atom stereocenters. The lowest BCUT2D eigenvalue weighted by Crippen LogP contribution is -2.14. The summed E-state index contributed by atoms with van der Waals surface area (Å²) in [6, 6.07) is 9.22. The largest absolute Gasteiger partial charge is 0.493 e. The minimum absolute atomic E-state index is 0.0796. The van der Waals surface area contributed by atoms with Crippen molar-refractivity contribution in [2.45, 2.75) is 12.6 Å². The van der Waals surface area contributed by atoms with Crippen LogP contribution in [0, 0.1) is 11.3 Å². The van der Waals surface area contributed by atoms with Crippen LogP contribution in [0.4, 0.5) is 18.9 Å². The van der Waals surface area contributed by atoms with Crippen molar-refractivity contribution in [3.63, 3.8) is 0 Å². The van der Waals surface area contributed by atoms with Gasteiger partial charge in [0.25, 0.3) is 5.91 Å². The Kier molecular flexibility index (Phi) is 8.24. The fraction of sp³-hybridized carbons (Fsp3) is 0.167. The molecule has 0 saturated heterocycles.